The van der Waals surface area contributed by atoms with Crippen LogP contribution in [0.3, 0.4) is 0 Å². The summed E-state index contributed by atoms with van der Waals surface area (Å²) in [6, 6.07) is 3.40. The molecular formula is C9H6F2N2. The van der Waals surface area contributed by atoms with E-state index in [9.17, 15) is 8.78 Å². The summed E-state index contributed by atoms with van der Waals surface area (Å²) in [5.74, 6) is 0. The van der Waals surface area contributed by atoms with Gasteiger partial charge in [0, 0.05) is 24.0 Å². The Hall–Kier alpha value is -1.58. The van der Waals surface area contributed by atoms with E-state index in [1.54, 1.807) is 12.1 Å². The Morgan fingerprint density at radius 1 is 1.23 bits per heavy atom. The molecule has 0 bridgehead atoms. The molecule has 0 aliphatic carbocycles. The van der Waals surface area contributed by atoms with E-state index < -0.39 is 6.43 Å². The molecule has 4 heteroatoms. The third-order valence-electron chi connectivity index (χ3n) is 1.77. The molecule has 66 valence electrons. The van der Waals surface area contributed by atoms with E-state index in [-0.39, 0.29) is 5.56 Å². The van der Waals surface area contributed by atoms with Gasteiger partial charge in [-0.2, -0.15) is 0 Å². The van der Waals surface area contributed by atoms with Gasteiger partial charge < -0.3 is 0 Å². The van der Waals surface area contributed by atoms with Crippen LogP contribution in [0.1, 0.15) is 12.0 Å². The predicted molar refractivity (Wildman–Crippen MR) is 44.5 cm³/mol. The molecular weight excluding hydrogens is 174 g/mol. The molecule has 2 aromatic heterocycles. The van der Waals surface area contributed by atoms with Crippen LogP contribution in [0, 0.1) is 0 Å². The van der Waals surface area contributed by atoms with Crippen molar-refractivity contribution in [2.24, 2.45) is 0 Å². The fraction of sp³-hybridized carbons (Fsp3) is 0.111. The summed E-state index contributed by atoms with van der Waals surface area (Å²) < 4.78 is 24.8. The van der Waals surface area contributed by atoms with Gasteiger partial charge in [0.25, 0.3) is 6.43 Å². The number of fused-ring (bicyclic) bond motifs is 1. The molecule has 0 fully saturated rings. The zero-order valence-corrected chi connectivity index (χ0v) is 6.61. The summed E-state index contributed by atoms with van der Waals surface area (Å²) in [6.45, 7) is 0. The summed E-state index contributed by atoms with van der Waals surface area (Å²) in [6.07, 6.45) is 1.65. The minimum absolute atomic E-state index is 0.113. The smallest absolute Gasteiger partial charge is 0.263 e. The Balaban J connectivity index is 2.76. The van der Waals surface area contributed by atoms with Crippen LogP contribution in [0.4, 0.5) is 8.78 Å². The van der Waals surface area contributed by atoms with E-state index in [1.165, 1.54) is 12.4 Å². The third-order valence-corrected chi connectivity index (χ3v) is 1.77. The number of aromatic nitrogens is 2. The second-order valence-electron chi connectivity index (χ2n) is 2.60. The Morgan fingerprint density at radius 2 is 2.08 bits per heavy atom. The average molecular weight is 180 g/mol. The van der Waals surface area contributed by atoms with Crippen molar-refractivity contribution in [3.63, 3.8) is 0 Å². The number of hydrogen-bond acceptors (Lipinski definition) is 2. The molecule has 2 rings (SSSR count). The number of alkyl halides is 2. The third kappa shape index (κ3) is 1.35. The van der Waals surface area contributed by atoms with Crippen LogP contribution in [0.2, 0.25) is 0 Å². The molecule has 0 atom stereocenters. The zero-order valence-electron chi connectivity index (χ0n) is 6.61. The molecule has 2 aromatic rings. The standard InChI is InChI=1S/C9H6F2N2/c10-9(11)7-5-12-4-6-2-1-3-13-8(6)7/h1-5,9H. The Bertz CT molecular complexity index is 423. The van der Waals surface area contributed by atoms with Crippen molar-refractivity contribution < 1.29 is 8.78 Å². The molecule has 2 nitrogen and oxygen atoms in total. The highest BCUT2D eigenvalue weighted by Gasteiger charge is 2.11. The maximum atomic E-state index is 12.4. The van der Waals surface area contributed by atoms with Crippen LogP contribution >= 0.6 is 0 Å². The minimum atomic E-state index is -2.52. The van der Waals surface area contributed by atoms with Crippen molar-refractivity contribution in [2.45, 2.75) is 6.43 Å². The molecule has 0 radical (unpaired) electrons. The van der Waals surface area contributed by atoms with E-state index in [0.717, 1.165) is 6.20 Å². The molecule has 0 aliphatic rings. The molecule has 0 N–H and O–H groups in total. The molecule has 13 heavy (non-hydrogen) atoms. The summed E-state index contributed by atoms with van der Waals surface area (Å²) in [5, 5.41) is 0.639. The van der Waals surface area contributed by atoms with Gasteiger partial charge in [0.1, 0.15) is 0 Å². The van der Waals surface area contributed by atoms with Crippen molar-refractivity contribution in [3.05, 3.63) is 36.3 Å². The van der Waals surface area contributed by atoms with Crippen LogP contribution in [0.15, 0.2) is 30.7 Å². The second kappa shape index (κ2) is 3.05. The first-order valence-corrected chi connectivity index (χ1v) is 3.76. The molecule has 0 spiro atoms. The van der Waals surface area contributed by atoms with Gasteiger partial charge in [0.05, 0.1) is 11.1 Å². The number of hydrogen-bond donors (Lipinski definition) is 0. The topological polar surface area (TPSA) is 25.8 Å². The maximum Gasteiger partial charge on any atom is 0.267 e. The van der Waals surface area contributed by atoms with Crippen molar-refractivity contribution >= 4 is 10.9 Å². The van der Waals surface area contributed by atoms with Gasteiger partial charge in [0.15, 0.2) is 0 Å². The first kappa shape index (κ1) is 8.04. The number of pyridine rings is 2. The van der Waals surface area contributed by atoms with Crippen molar-refractivity contribution in [3.8, 4) is 0 Å². The van der Waals surface area contributed by atoms with Gasteiger partial charge in [0.2, 0.25) is 0 Å². The first-order valence-electron chi connectivity index (χ1n) is 3.76. The van der Waals surface area contributed by atoms with Gasteiger partial charge in [-0.3, -0.25) is 9.97 Å². The molecule has 0 saturated heterocycles. The second-order valence-corrected chi connectivity index (χ2v) is 2.60. The average Bonchev–Trinajstić information content (AvgIpc) is 2.17. The first-order chi connectivity index (χ1) is 6.29. The van der Waals surface area contributed by atoms with Crippen LogP contribution in [-0.4, -0.2) is 9.97 Å². The summed E-state index contributed by atoms with van der Waals surface area (Å²) in [4.78, 5) is 7.60. The van der Waals surface area contributed by atoms with Crippen LogP contribution in [0.25, 0.3) is 10.9 Å². The predicted octanol–water partition coefficient (Wildman–Crippen LogP) is 2.57. The SMILES string of the molecule is FC(F)c1cncc2cccnc12. The van der Waals surface area contributed by atoms with Gasteiger partial charge in [-0.1, -0.05) is 0 Å². The number of halogens is 2. The van der Waals surface area contributed by atoms with E-state index in [1.807, 2.05) is 0 Å². The Labute approximate surface area is 73.2 Å². The van der Waals surface area contributed by atoms with Crippen LogP contribution < -0.4 is 0 Å². The maximum absolute atomic E-state index is 12.4. The summed E-state index contributed by atoms with van der Waals surface area (Å²) in [7, 11) is 0. The molecule has 0 unspecified atom stereocenters. The summed E-state index contributed by atoms with van der Waals surface area (Å²) in [5.41, 5.74) is 0.214. The minimum Gasteiger partial charge on any atom is -0.263 e. The van der Waals surface area contributed by atoms with Crippen molar-refractivity contribution in [1.29, 1.82) is 0 Å². The van der Waals surface area contributed by atoms with Gasteiger partial charge >= 0.3 is 0 Å². The van der Waals surface area contributed by atoms with Crippen molar-refractivity contribution in [2.75, 3.05) is 0 Å². The fourth-order valence-corrected chi connectivity index (χ4v) is 1.18. The lowest BCUT2D eigenvalue weighted by molar-refractivity contribution is 0.152. The quantitative estimate of drug-likeness (QED) is 0.674. The normalized spacial score (nSPS) is 11.0. The van der Waals surface area contributed by atoms with E-state index in [0.29, 0.717) is 10.9 Å². The monoisotopic (exact) mass is 180 g/mol. The number of rotatable bonds is 1. The Kier molecular flexibility index (Phi) is 1.88. The number of nitrogens with zero attached hydrogens (tertiary/aromatic N) is 2. The van der Waals surface area contributed by atoms with E-state index in [4.69, 9.17) is 0 Å². The molecule has 2 heterocycles. The van der Waals surface area contributed by atoms with E-state index >= 15 is 0 Å². The molecule has 0 aliphatic heterocycles. The van der Waals surface area contributed by atoms with Crippen molar-refractivity contribution in [1.82, 2.24) is 9.97 Å². The van der Waals surface area contributed by atoms with Gasteiger partial charge in [-0.25, -0.2) is 8.78 Å². The lowest BCUT2D eigenvalue weighted by Crippen LogP contribution is -1.90. The lowest BCUT2D eigenvalue weighted by Gasteiger charge is -2.02. The van der Waals surface area contributed by atoms with E-state index in [2.05, 4.69) is 9.97 Å². The molecule has 0 saturated carbocycles. The highest BCUT2D eigenvalue weighted by molar-refractivity contribution is 5.80. The zero-order chi connectivity index (χ0) is 9.26. The summed E-state index contributed by atoms with van der Waals surface area (Å²) >= 11 is 0. The van der Waals surface area contributed by atoms with Gasteiger partial charge in [-0.15, -0.1) is 0 Å². The van der Waals surface area contributed by atoms with Gasteiger partial charge in [-0.05, 0) is 12.1 Å². The highest BCUT2D eigenvalue weighted by Crippen LogP contribution is 2.24. The van der Waals surface area contributed by atoms with Crippen LogP contribution in [0.5, 0.6) is 0 Å². The Morgan fingerprint density at radius 3 is 2.85 bits per heavy atom. The lowest BCUT2D eigenvalue weighted by atomic mass is 10.2. The van der Waals surface area contributed by atoms with Crippen LogP contribution in [-0.2, 0) is 0 Å². The molecule has 0 aromatic carbocycles. The highest BCUT2D eigenvalue weighted by atomic mass is 19.3. The largest absolute Gasteiger partial charge is 0.267 e. The molecule has 0 amide bonds. The fourth-order valence-electron chi connectivity index (χ4n) is 1.18.